The Hall–Kier alpha value is -2.22. The van der Waals surface area contributed by atoms with Crippen molar-refractivity contribution in [1.82, 2.24) is 25.1 Å². The topological polar surface area (TPSA) is 81.8 Å². The number of hydrogen-bond acceptors (Lipinski definition) is 5. The van der Waals surface area contributed by atoms with Crippen LogP contribution in [0.3, 0.4) is 0 Å². The SMILES string of the molecule is O=C(NCCn1nnn(-c2cccs2)c1=O)[C@H]1C[C@@H]2C=C[C@@H]1C21CC1. The number of aromatic nitrogens is 4. The number of hydrogen-bond donors (Lipinski definition) is 1. The van der Waals surface area contributed by atoms with Gasteiger partial charge in [-0.3, -0.25) is 4.79 Å². The number of allylic oxidation sites excluding steroid dienone is 2. The lowest BCUT2D eigenvalue weighted by molar-refractivity contribution is -0.125. The fraction of sp³-hybridized carbons (Fsp3) is 0.529. The smallest absolute Gasteiger partial charge is 0.354 e. The number of amides is 1. The fourth-order valence-electron chi connectivity index (χ4n) is 4.63. The number of thiophene rings is 1. The first-order chi connectivity index (χ1) is 12.2. The molecule has 3 aliphatic rings. The maximum Gasteiger partial charge on any atom is 0.369 e. The molecule has 2 bridgehead atoms. The molecule has 8 heteroatoms. The average molecular weight is 357 g/mol. The van der Waals surface area contributed by atoms with Gasteiger partial charge in [0.1, 0.15) is 5.00 Å². The van der Waals surface area contributed by atoms with E-state index in [-0.39, 0.29) is 17.5 Å². The minimum atomic E-state index is -0.281. The van der Waals surface area contributed by atoms with E-state index in [9.17, 15) is 9.59 Å². The van der Waals surface area contributed by atoms with Crippen LogP contribution in [0.5, 0.6) is 0 Å². The normalized spacial score (nSPS) is 27.9. The first kappa shape index (κ1) is 15.1. The van der Waals surface area contributed by atoms with Crippen molar-refractivity contribution in [1.29, 1.82) is 0 Å². The van der Waals surface area contributed by atoms with Gasteiger partial charge in [0, 0.05) is 12.5 Å². The minimum Gasteiger partial charge on any atom is -0.354 e. The molecule has 3 aliphatic carbocycles. The number of tetrazole rings is 1. The molecular formula is C17H19N5O2S. The van der Waals surface area contributed by atoms with E-state index in [0.717, 1.165) is 11.4 Å². The van der Waals surface area contributed by atoms with Gasteiger partial charge in [-0.1, -0.05) is 12.2 Å². The molecule has 0 saturated heterocycles. The molecule has 0 radical (unpaired) electrons. The molecule has 1 N–H and O–H groups in total. The Kier molecular flexibility index (Phi) is 3.25. The summed E-state index contributed by atoms with van der Waals surface area (Å²) in [5, 5.41) is 13.4. The number of carbonyl (C=O) groups excluding carboxylic acids is 1. The van der Waals surface area contributed by atoms with Crippen LogP contribution in [-0.4, -0.2) is 32.2 Å². The van der Waals surface area contributed by atoms with Crippen molar-refractivity contribution in [2.24, 2.45) is 23.2 Å². The van der Waals surface area contributed by atoms with Crippen LogP contribution in [0.25, 0.3) is 5.00 Å². The molecule has 0 aliphatic heterocycles. The van der Waals surface area contributed by atoms with Crippen molar-refractivity contribution < 1.29 is 4.79 Å². The first-order valence-electron chi connectivity index (χ1n) is 8.72. The Balaban J connectivity index is 1.20. The van der Waals surface area contributed by atoms with Crippen molar-refractivity contribution in [2.45, 2.75) is 25.8 Å². The van der Waals surface area contributed by atoms with Crippen molar-refractivity contribution in [3.8, 4) is 5.00 Å². The highest BCUT2D eigenvalue weighted by atomic mass is 32.1. The van der Waals surface area contributed by atoms with E-state index in [4.69, 9.17) is 0 Å². The van der Waals surface area contributed by atoms with Gasteiger partial charge in [-0.2, -0.15) is 9.36 Å². The molecule has 130 valence electrons. The van der Waals surface area contributed by atoms with E-state index in [2.05, 4.69) is 27.9 Å². The van der Waals surface area contributed by atoms with Gasteiger partial charge in [-0.15, -0.1) is 11.3 Å². The molecule has 5 rings (SSSR count). The Bertz CT molecular complexity index is 893. The van der Waals surface area contributed by atoms with E-state index in [1.807, 2.05) is 17.5 Å². The zero-order valence-corrected chi connectivity index (χ0v) is 14.5. The summed E-state index contributed by atoms with van der Waals surface area (Å²) in [5.41, 5.74) is 0.138. The highest BCUT2D eigenvalue weighted by molar-refractivity contribution is 7.12. The van der Waals surface area contributed by atoms with Crippen molar-refractivity contribution in [3.05, 3.63) is 40.1 Å². The molecule has 0 unspecified atom stereocenters. The summed E-state index contributed by atoms with van der Waals surface area (Å²) in [5.74, 6) is 1.22. The lowest BCUT2D eigenvalue weighted by Crippen LogP contribution is -2.37. The lowest BCUT2D eigenvalue weighted by atomic mass is 9.88. The molecule has 1 amide bonds. The molecule has 7 nitrogen and oxygen atoms in total. The first-order valence-corrected chi connectivity index (χ1v) is 9.60. The molecular weight excluding hydrogens is 338 g/mol. The standard InChI is InChI=1S/C17H19N5O2S/c23-15(12-10-11-3-4-13(12)17(11)5-6-17)18-7-8-21-16(24)22(20-19-21)14-2-1-9-25-14/h1-4,9,11-13H,5-8,10H2,(H,18,23)/t11-,12-,13-/m0/s1. The van der Waals surface area contributed by atoms with E-state index < -0.39 is 0 Å². The Labute approximate surface area is 148 Å². The summed E-state index contributed by atoms with van der Waals surface area (Å²) >= 11 is 1.43. The van der Waals surface area contributed by atoms with Gasteiger partial charge in [-0.25, -0.2) is 4.79 Å². The van der Waals surface area contributed by atoms with Crippen molar-refractivity contribution in [2.75, 3.05) is 6.54 Å². The summed E-state index contributed by atoms with van der Waals surface area (Å²) in [6.07, 6.45) is 8.06. The van der Waals surface area contributed by atoms with E-state index in [0.29, 0.717) is 30.3 Å². The van der Waals surface area contributed by atoms with Crippen LogP contribution in [0, 0.1) is 23.2 Å². The third kappa shape index (κ3) is 2.23. The summed E-state index contributed by atoms with van der Waals surface area (Å²) in [4.78, 5) is 24.8. The fourth-order valence-corrected chi connectivity index (χ4v) is 5.30. The molecule has 2 aromatic rings. The van der Waals surface area contributed by atoms with Crippen molar-refractivity contribution in [3.63, 3.8) is 0 Å². The Morgan fingerprint density at radius 3 is 2.96 bits per heavy atom. The maximum atomic E-state index is 12.5. The van der Waals surface area contributed by atoms with Gasteiger partial charge >= 0.3 is 5.69 Å². The van der Waals surface area contributed by atoms with Gasteiger partial charge in [-0.05, 0) is 64.5 Å². The van der Waals surface area contributed by atoms with Crippen LogP contribution < -0.4 is 11.0 Å². The Morgan fingerprint density at radius 2 is 2.24 bits per heavy atom. The molecule has 1 spiro atoms. The van der Waals surface area contributed by atoms with E-state index in [1.165, 1.54) is 33.5 Å². The van der Waals surface area contributed by atoms with Crippen LogP contribution in [0.1, 0.15) is 19.3 Å². The predicted molar refractivity (Wildman–Crippen MR) is 92.4 cm³/mol. The number of carbonyl (C=O) groups is 1. The van der Waals surface area contributed by atoms with Crippen LogP contribution >= 0.6 is 11.3 Å². The third-order valence-electron chi connectivity index (χ3n) is 6.04. The van der Waals surface area contributed by atoms with Gasteiger partial charge < -0.3 is 5.32 Å². The summed E-state index contributed by atoms with van der Waals surface area (Å²) < 4.78 is 2.58. The highest BCUT2D eigenvalue weighted by Crippen LogP contribution is 2.70. The molecule has 2 saturated carbocycles. The lowest BCUT2D eigenvalue weighted by Gasteiger charge is -2.19. The molecule has 0 aromatic carbocycles. The summed E-state index contributed by atoms with van der Waals surface area (Å²) in [7, 11) is 0. The quantitative estimate of drug-likeness (QED) is 0.816. The second-order valence-corrected chi connectivity index (χ2v) is 8.16. The summed E-state index contributed by atoms with van der Waals surface area (Å²) in [6.45, 7) is 0.726. The average Bonchev–Trinajstić information content (AvgIpc) is 2.92. The molecule has 2 aromatic heterocycles. The molecule has 3 atom stereocenters. The zero-order chi connectivity index (χ0) is 17.0. The van der Waals surface area contributed by atoms with E-state index >= 15 is 0 Å². The molecule has 25 heavy (non-hydrogen) atoms. The molecule has 2 heterocycles. The Morgan fingerprint density at radius 1 is 1.36 bits per heavy atom. The molecule has 2 fully saturated rings. The zero-order valence-electron chi connectivity index (χ0n) is 13.7. The van der Waals surface area contributed by atoms with Gasteiger partial charge in [0.2, 0.25) is 5.91 Å². The van der Waals surface area contributed by atoms with Crippen LogP contribution in [0.2, 0.25) is 0 Å². The minimum absolute atomic E-state index is 0.0935. The monoisotopic (exact) mass is 357 g/mol. The van der Waals surface area contributed by atoms with Gasteiger partial charge in [0.15, 0.2) is 0 Å². The van der Waals surface area contributed by atoms with Gasteiger partial charge in [0.25, 0.3) is 0 Å². The maximum absolute atomic E-state index is 12.5. The predicted octanol–water partition coefficient (Wildman–Crippen LogP) is 1.21. The van der Waals surface area contributed by atoms with E-state index in [1.54, 1.807) is 0 Å². The largest absolute Gasteiger partial charge is 0.369 e. The van der Waals surface area contributed by atoms with Crippen LogP contribution in [0.15, 0.2) is 34.5 Å². The summed E-state index contributed by atoms with van der Waals surface area (Å²) in [6, 6.07) is 3.69. The second kappa shape index (κ2) is 5.39. The van der Waals surface area contributed by atoms with Crippen molar-refractivity contribution >= 4 is 17.2 Å². The van der Waals surface area contributed by atoms with Crippen LogP contribution in [0.4, 0.5) is 0 Å². The second-order valence-electron chi connectivity index (χ2n) is 7.23. The third-order valence-corrected chi connectivity index (χ3v) is 6.88. The van der Waals surface area contributed by atoms with Gasteiger partial charge in [0.05, 0.1) is 6.54 Å². The highest BCUT2D eigenvalue weighted by Gasteiger charge is 2.63. The van der Waals surface area contributed by atoms with Crippen LogP contribution in [-0.2, 0) is 11.3 Å². The number of nitrogens with zero attached hydrogens (tertiary/aromatic N) is 4. The number of nitrogens with one attached hydrogen (secondary N) is 1. The number of rotatable bonds is 5.